The van der Waals surface area contributed by atoms with Crippen LogP contribution < -0.4 is 5.32 Å². The van der Waals surface area contributed by atoms with Crippen molar-refractivity contribution in [1.82, 2.24) is 14.9 Å². The molecule has 0 aliphatic heterocycles. The highest BCUT2D eigenvalue weighted by Gasteiger charge is 2.16. The van der Waals surface area contributed by atoms with Gasteiger partial charge in [-0.1, -0.05) is 42.8 Å². The quantitative estimate of drug-likeness (QED) is 0.689. The molecule has 27 heavy (non-hydrogen) atoms. The van der Waals surface area contributed by atoms with Crippen LogP contribution >= 0.6 is 0 Å². The van der Waals surface area contributed by atoms with Gasteiger partial charge < -0.3 is 9.88 Å². The van der Waals surface area contributed by atoms with E-state index in [1.54, 1.807) is 6.20 Å². The van der Waals surface area contributed by atoms with Crippen molar-refractivity contribution < 1.29 is 4.79 Å². The first-order chi connectivity index (χ1) is 13.0. The summed E-state index contributed by atoms with van der Waals surface area (Å²) >= 11 is 0. The van der Waals surface area contributed by atoms with Gasteiger partial charge >= 0.3 is 0 Å². The second kappa shape index (κ2) is 8.21. The van der Waals surface area contributed by atoms with Crippen LogP contribution in [0, 0.1) is 20.8 Å². The molecule has 0 unspecified atom stereocenters. The van der Waals surface area contributed by atoms with E-state index < -0.39 is 0 Å². The van der Waals surface area contributed by atoms with Gasteiger partial charge in [0.15, 0.2) is 0 Å². The third-order valence-electron chi connectivity index (χ3n) is 5.01. The molecule has 0 spiro atoms. The standard InChI is InChI=1S/C23H27N3O/c1-5-22(21-11-6-16(2)14-17(21)3)25-23(27)20-9-7-19(8-10-20)15-26-13-12-24-18(26)4/h6-14,22H,5,15H2,1-4H3,(H,25,27)/t22-/m1/s1. The number of aromatic nitrogens is 2. The van der Waals surface area contributed by atoms with Gasteiger partial charge in [-0.2, -0.15) is 0 Å². The molecule has 4 nitrogen and oxygen atoms in total. The van der Waals surface area contributed by atoms with Crippen LogP contribution in [0.25, 0.3) is 0 Å². The number of carbonyl (C=O) groups excluding carboxylic acids is 1. The molecule has 0 aliphatic carbocycles. The number of benzene rings is 2. The highest BCUT2D eigenvalue weighted by atomic mass is 16.1. The summed E-state index contributed by atoms with van der Waals surface area (Å²) in [6, 6.07) is 14.2. The van der Waals surface area contributed by atoms with Crippen molar-refractivity contribution in [3.05, 3.63) is 88.5 Å². The fourth-order valence-electron chi connectivity index (χ4n) is 3.39. The lowest BCUT2D eigenvalue weighted by Gasteiger charge is -2.20. The lowest BCUT2D eigenvalue weighted by Crippen LogP contribution is -2.28. The number of hydrogen-bond acceptors (Lipinski definition) is 2. The summed E-state index contributed by atoms with van der Waals surface area (Å²) < 4.78 is 2.09. The molecule has 3 aromatic rings. The molecule has 1 amide bonds. The Bertz CT molecular complexity index is 925. The smallest absolute Gasteiger partial charge is 0.251 e. The van der Waals surface area contributed by atoms with Crippen LogP contribution in [0.3, 0.4) is 0 Å². The second-order valence-corrected chi connectivity index (χ2v) is 7.09. The maximum absolute atomic E-state index is 12.7. The zero-order valence-electron chi connectivity index (χ0n) is 16.5. The second-order valence-electron chi connectivity index (χ2n) is 7.09. The van der Waals surface area contributed by atoms with E-state index in [1.807, 2.05) is 37.4 Å². The van der Waals surface area contributed by atoms with E-state index in [9.17, 15) is 4.79 Å². The Balaban J connectivity index is 1.70. The van der Waals surface area contributed by atoms with E-state index in [4.69, 9.17) is 0 Å². The fourth-order valence-corrected chi connectivity index (χ4v) is 3.39. The Morgan fingerprint density at radius 1 is 1.11 bits per heavy atom. The Morgan fingerprint density at radius 3 is 2.44 bits per heavy atom. The number of rotatable bonds is 6. The van der Waals surface area contributed by atoms with Gasteiger partial charge in [0.1, 0.15) is 5.82 Å². The third kappa shape index (κ3) is 4.45. The van der Waals surface area contributed by atoms with E-state index in [1.165, 1.54) is 16.7 Å². The molecule has 0 aliphatic rings. The molecule has 140 valence electrons. The maximum Gasteiger partial charge on any atom is 0.251 e. The SMILES string of the molecule is CC[C@@H](NC(=O)c1ccc(Cn2ccnc2C)cc1)c1ccc(C)cc1C. The summed E-state index contributed by atoms with van der Waals surface area (Å²) in [5.74, 6) is 0.947. The van der Waals surface area contributed by atoms with Crippen LogP contribution in [0.1, 0.15) is 57.8 Å². The molecule has 0 fully saturated rings. The van der Waals surface area contributed by atoms with Crippen LogP contribution in [-0.4, -0.2) is 15.5 Å². The predicted molar refractivity (Wildman–Crippen MR) is 109 cm³/mol. The molecule has 1 heterocycles. The molecule has 0 bridgehead atoms. The lowest BCUT2D eigenvalue weighted by atomic mass is 9.97. The van der Waals surface area contributed by atoms with Gasteiger partial charge in [0, 0.05) is 24.5 Å². The average Bonchev–Trinajstić information content (AvgIpc) is 3.05. The molecule has 4 heteroatoms. The van der Waals surface area contributed by atoms with Gasteiger partial charge in [0.05, 0.1) is 6.04 Å². The monoisotopic (exact) mass is 361 g/mol. The highest BCUT2D eigenvalue weighted by Crippen LogP contribution is 2.22. The van der Waals surface area contributed by atoms with Crippen LogP contribution in [0.15, 0.2) is 54.9 Å². The van der Waals surface area contributed by atoms with Crippen LogP contribution in [0.2, 0.25) is 0 Å². The van der Waals surface area contributed by atoms with E-state index >= 15 is 0 Å². The van der Waals surface area contributed by atoms with Crippen molar-refractivity contribution >= 4 is 5.91 Å². The maximum atomic E-state index is 12.7. The predicted octanol–water partition coefficient (Wildman–Crippen LogP) is 4.74. The zero-order chi connectivity index (χ0) is 19.4. The summed E-state index contributed by atoms with van der Waals surface area (Å²) in [5.41, 5.74) is 5.47. The van der Waals surface area contributed by atoms with E-state index in [-0.39, 0.29) is 11.9 Å². The average molecular weight is 361 g/mol. The molecular weight excluding hydrogens is 334 g/mol. The minimum atomic E-state index is -0.0350. The van der Waals surface area contributed by atoms with Crippen LogP contribution in [0.5, 0.6) is 0 Å². The molecule has 0 radical (unpaired) electrons. The van der Waals surface area contributed by atoms with Gasteiger partial charge in [-0.05, 0) is 56.0 Å². The van der Waals surface area contributed by atoms with E-state index in [0.717, 1.165) is 24.4 Å². The highest BCUT2D eigenvalue weighted by molar-refractivity contribution is 5.94. The Kier molecular flexibility index (Phi) is 5.75. The first kappa shape index (κ1) is 18.9. The minimum Gasteiger partial charge on any atom is -0.345 e. The molecule has 3 rings (SSSR count). The third-order valence-corrected chi connectivity index (χ3v) is 5.01. The number of aryl methyl sites for hydroxylation is 3. The molecule has 2 aromatic carbocycles. The summed E-state index contributed by atoms with van der Waals surface area (Å²) in [4.78, 5) is 17.0. The number of hydrogen-bond donors (Lipinski definition) is 1. The summed E-state index contributed by atoms with van der Waals surface area (Å²) in [5, 5.41) is 3.18. The number of imidazole rings is 1. The van der Waals surface area contributed by atoms with Gasteiger partial charge in [-0.3, -0.25) is 4.79 Å². The van der Waals surface area contributed by atoms with Crippen molar-refractivity contribution in [3.8, 4) is 0 Å². The topological polar surface area (TPSA) is 46.9 Å². The van der Waals surface area contributed by atoms with E-state index in [2.05, 4.69) is 53.8 Å². The van der Waals surface area contributed by atoms with Gasteiger partial charge in [0.25, 0.3) is 5.91 Å². The van der Waals surface area contributed by atoms with Crippen molar-refractivity contribution in [2.75, 3.05) is 0 Å². The van der Waals surface area contributed by atoms with Gasteiger partial charge in [-0.15, -0.1) is 0 Å². The molecule has 1 N–H and O–H groups in total. The van der Waals surface area contributed by atoms with Crippen molar-refractivity contribution in [2.45, 2.75) is 46.7 Å². The number of nitrogens with zero attached hydrogens (tertiary/aromatic N) is 2. The van der Waals surface area contributed by atoms with Crippen LogP contribution in [-0.2, 0) is 6.54 Å². The van der Waals surface area contributed by atoms with Crippen molar-refractivity contribution in [3.63, 3.8) is 0 Å². The molecule has 1 atom stereocenters. The molecule has 0 saturated carbocycles. The fraction of sp³-hybridized carbons (Fsp3) is 0.304. The summed E-state index contributed by atoms with van der Waals surface area (Å²) in [7, 11) is 0. The Morgan fingerprint density at radius 2 is 1.85 bits per heavy atom. The first-order valence-corrected chi connectivity index (χ1v) is 9.42. The van der Waals surface area contributed by atoms with E-state index in [0.29, 0.717) is 5.56 Å². The molecule has 0 saturated heterocycles. The normalized spacial score (nSPS) is 12.0. The lowest BCUT2D eigenvalue weighted by molar-refractivity contribution is 0.0935. The van der Waals surface area contributed by atoms with Crippen LogP contribution in [0.4, 0.5) is 0 Å². The minimum absolute atomic E-state index is 0.0198. The first-order valence-electron chi connectivity index (χ1n) is 9.42. The summed E-state index contributed by atoms with van der Waals surface area (Å²) in [6.07, 6.45) is 4.62. The largest absolute Gasteiger partial charge is 0.345 e. The summed E-state index contributed by atoms with van der Waals surface area (Å²) in [6.45, 7) is 9.03. The Hall–Kier alpha value is -2.88. The van der Waals surface area contributed by atoms with Crippen molar-refractivity contribution in [1.29, 1.82) is 0 Å². The molecule has 1 aromatic heterocycles. The zero-order valence-corrected chi connectivity index (χ0v) is 16.5. The number of amides is 1. The Labute approximate surface area is 161 Å². The molecular formula is C23H27N3O. The van der Waals surface area contributed by atoms with Gasteiger partial charge in [0.2, 0.25) is 0 Å². The van der Waals surface area contributed by atoms with Gasteiger partial charge in [-0.25, -0.2) is 4.98 Å². The van der Waals surface area contributed by atoms with Crippen molar-refractivity contribution in [2.24, 2.45) is 0 Å². The number of nitrogens with one attached hydrogen (secondary N) is 1. The number of carbonyl (C=O) groups is 1.